The molecule has 0 saturated carbocycles. The first-order valence-electron chi connectivity index (χ1n) is 9.14. The zero-order valence-electron chi connectivity index (χ0n) is 16.0. The first kappa shape index (κ1) is 19.1. The van der Waals surface area contributed by atoms with Crippen molar-refractivity contribution in [2.45, 2.75) is 13.3 Å². The van der Waals surface area contributed by atoms with Gasteiger partial charge in [0.25, 0.3) is 0 Å². The summed E-state index contributed by atoms with van der Waals surface area (Å²) in [5.41, 5.74) is 4.08. The lowest BCUT2D eigenvalue weighted by Gasteiger charge is -2.14. The zero-order valence-corrected chi connectivity index (χ0v) is 16.8. The fraction of sp³-hybridized carbons (Fsp3) is 0.125. The van der Waals surface area contributed by atoms with E-state index < -0.39 is 5.63 Å². The van der Waals surface area contributed by atoms with E-state index in [0.29, 0.717) is 28.3 Å². The van der Waals surface area contributed by atoms with E-state index >= 15 is 0 Å². The number of phenolic OH excluding ortho intramolecular Hbond substituents is 1. The molecule has 4 rings (SSSR count). The lowest BCUT2D eigenvalue weighted by Crippen LogP contribution is -2.09. The van der Waals surface area contributed by atoms with E-state index in [1.54, 1.807) is 31.4 Å². The quantitative estimate of drug-likeness (QED) is 0.440. The van der Waals surface area contributed by atoms with Gasteiger partial charge in [-0.05, 0) is 72.0 Å². The molecule has 3 aromatic carbocycles. The number of aryl methyl sites for hydroxylation is 1. The van der Waals surface area contributed by atoms with Gasteiger partial charge in [-0.2, -0.15) is 0 Å². The molecule has 0 amide bonds. The average molecular weight is 407 g/mol. The molecule has 1 aromatic heterocycles. The standard InChI is InChI=1S/C24H19ClO4/c1-14-11-16(25)5-9-19(14)23-21(12-15-3-6-17(26)7-4-15)20-10-8-18(28-2)13-22(20)29-24(23)27/h3-11,13,26H,12H2,1-2H3. The maximum Gasteiger partial charge on any atom is 0.344 e. The van der Waals surface area contributed by atoms with Gasteiger partial charge in [0.2, 0.25) is 0 Å². The van der Waals surface area contributed by atoms with Crippen molar-refractivity contribution in [3.63, 3.8) is 0 Å². The van der Waals surface area contributed by atoms with E-state index in [1.807, 2.05) is 43.3 Å². The van der Waals surface area contributed by atoms with Gasteiger partial charge in [0.1, 0.15) is 17.1 Å². The van der Waals surface area contributed by atoms with E-state index in [0.717, 1.165) is 27.6 Å². The highest BCUT2D eigenvalue weighted by molar-refractivity contribution is 6.30. The van der Waals surface area contributed by atoms with Gasteiger partial charge in [-0.15, -0.1) is 0 Å². The van der Waals surface area contributed by atoms with Crippen molar-refractivity contribution in [1.82, 2.24) is 0 Å². The Morgan fingerprint density at radius 2 is 1.79 bits per heavy atom. The highest BCUT2D eigenvalue weighted by Crippen LogP contribution is 2.33. The molecule has 29 heavy (non-hydrogen) atoms. The van der Waals surface area contributed by atoms with Gasteiger partial charge in [-0.3, -0.25) is 0 Å². The Hall–Kier alpha value is -3.24. The molecule has 0 radical (unpaired) electrons. The summed E-state index contributed by atoms with van der Waals surface area (Å²) in [6.07, 6.45) is 0.506. The van der Waals surface area contributed by atoms with E-state index in [1.165, 1.54) is 0 Å². The molecule has 4 aromatic rings. The Balaban J connectivity index is 2.01. The smallest absolute Gasteiger partial charge is 0.344 e. The van der Waals surface area contributed by atoms with Crippen LogP contribution in [-0.4, -0.2) is 12.2 Å². The molecule has 0 unspecified atom stereocenters. The second kappa shape index (κ2) is 7.64. The molecule has 0 aliphatic rings. The van der Waals surface area contributed by atoms with Gasteiger partial charge in [-0.25, -0.2) is 4.79 Å². The number of rotatable bonds is 4. The first-order chi connectivity index (χ1) is 14.0. The second-order valence-electron chi connectivity index (χ2n) is 6.91. The SMILES string of the molecule is COc1ccc2c(Cc3ccc(O)cc3)c(-c3ccc(Cl)cc3C)c(=O)oc2c1. The van der Waals surface area contributed by atoms with Crippen LogP contribution >= 0.6 is 11.6 Å². The lowest BCUT2D eigenvalue weighted by atomic mass is 9.91. The number of ether oxygens (including phenoxy) is 1. The van der Waals surface area contributed by atoms with Crippen LogP contribution < -0.4 is 10.4 Å². The van der Waals surface area contributed by atoms with Gasteiger partial charge in [0, 0.05) is 16.5 Å². The summed E-state index contributed by atoms with van der Waals surface area (Å²) in [5.74, 6) is 0.816. The molecular formula is C24H19ClO4. The van der Waals surface area contributed by atoms with Gasteiger partial charge < -0.3 is 14.3 Å². The molecular weight excluding hydrogens is 388 g/mol. The van der Waals surface area contributed by atoms with Crippen molar-refractivity contribution < 1.29 is 14.3 Å². The van der Waals surface area contributed by atoms with Crippen LogP contribution in [0.4, 0.5) is 0 Å². The summed E-state index contributed by atoms with van der Waals surface area (Å²) in [4.78, 5) is 13.1. The van der Waals surface area contributed by atoms with Crippen molar-refractivity contribution in [2.75, 3.05) is 7.11 Å². The van der Waals surface area contributed by atoms with Gasteiger partial charge in [0.05, 0.1) is 12.7 Å². The molecule has 0 fully saturated rings. The van der Waals surface area contributed by atoms with Crippen molar-refractivity contribution in [1.29, 1.82) is 0 Å². The Kier molecular flexibility index (Phi) is 5.03. The van der Waals surface area contributed by atoms with Crippen LogP contribution in [0.1, 0.15) is 16.7 Å². The normalized spacial score (nSPS) is 11.0. The average Bonchev–Trinajstić information content (AvgIpc) is 2.70. The van der Waals surface area contributed by atoms with Crippen LogP contribution in [0, 0.1) is 6.92 Å². The molecule has 0 atom stereocenters. The van der Waals surface area contributed by atoms with Crippen LogP contribution in [0.3, 0.4) is 0 Å². The summed E-state index contributed by atoms with van der Waals surface area (Å²) in [6.45, 7) is 1.92. The summed E-state index contributed by atoms with van der Waals surface area (Å²) < 4.78 is 10.9. The van der Waals surface area contributed by atoms with Gasteiger partial charge in [0.15, 0.2) is 0 Å². The third-order valence-electron chi connectivity index (χ3n) is 5.00. The molecule has 146 valence electrons. The fourth-order valence-electron chi connectivity index (χ4n) is 3.55. The summed E-state index contributed by atoms with van der Waals surface area (Å²) in [7, 11) is 1.57. The van der Waals surface area contributed by atoms with Gasteiger partial charge in [-0.1, -0.05) is 29.8 Å². The molecule has 1 heterocycles. The lowest BCUT2D eigenvalue weighted by molar-refractivity contribution is 0.414. The number of benzene rings is 3. The zero-order chi connectivity index (χ0) is 20.5. The van der Waals surface area contributed by atoms with E-state index in [-0.39, 0.29) is 5.75 Å². The predicted octanol–water partition coefficient (Wildman–Crippen LogP) is 5.73. The van der Waals surface area contributed by atoms with Crippen molar-refractivity contribution >= 4 is 22.6 Å². The maximum atomic E-state index is 13.1. The molecule has 0 bridgehead atoms. The molecule has 0 aliphatic carbocycles. The Labute approximate surface area is 172 Å². The van der Waals surface area contributed by atoms with E-state index in [9.17, 15) is 9.90 Å². The molecule has 4 nitrogen and oxygen atoms in total. The minimum Gasteiger partial charge on any atom is -0.508 e. The van der Waals surface area contributed by atoms with Crippen molar-refractivity contribution in [3.8, 4) is 22.6 Å². The number of hydrogen-bond acceptors (Lipinski definition) is 4. The molecule has 0 aliphatic heterocycles. The topological polar surface area (TPSA) is 59.7 Å². The fourth-order valence-corrected chi connectivity index (χ4v) is 3.78. The highest BCUT2D eigenvalue weighted by atomic mass is 35.5. The Morgan fingerprint density at radius 3 is 2.48 bits per heavy atom. The molecule has 0 saturated heterocycles. The summed E-state index contributed by atoms with van der Waals surface area (Å²) >= 11 is 6.12. The minimum atomic E-state index is -0.412. The monoisotopic (exact) mass is 406 g/mol. The Morgan fingerprint density at radius 1 is 1.03 bits per heavy atom. The number of phenols is 1. The maximum absolute atomic E-state index is 13.1. The molecule has 1 N–H and O–H groups in total. The summed E-state index contributed by atoms with van der Waals surface area (Å²) in [5, 5.41) is 11.0. The second-order valence-corrected chi connectivity index (χ2v) is 7.34. The van der Waals surface area contributed by atoms with E-state index in [2.05, 4.69) is 0 Å². The Bertz CT molecular complexity index is 1260. The van der Waals surface area contributed by atoms with E-state index in [4.69, 9.17) is 20.8 Å². The van der Waals surface area contributed by atoms with Crippen LogP contribution in [0.25, 0.3) is 22.1 Å². The number of hydrogen-bond donors (Lipinski definition) is 1. The number of halogens is 1. The molecule has 5 heteroatoms. The van der Waals surface area contributed by atoms with Crippen molar-refractivity contribution in [2.24, 2.45) is 0 Å². The minimum absolute atomic E-state index is 0.199. The van der Waals surface area contributed by atoms with Crippen LogP contribution in [-0.2, 0) is 6.42 Å². The third-order valence-corrected chi connectivity index (χ3v) is 5.23. The number of methoxy groups -OCH3 is 1. The summed E-state index contributed by atoms with van der Waals surface area (Å²) in [6, 6.07) is 17.9. The third kappa shape index (κ3) is 3.71. The van der Waals surface area contributed by atoms with Gasteiger partial charge >= 0.3 is 5.63 Å². The predicted molar refractivity (Wildman–Crippen MR) is 115 cm³/mol. The highest BCUT2D eigenvalue weighted by Gasteiger charge is 2.19. The largest absolute Gasteiger partial charge is 0.508 e. The number of fused-ring (bicyclic) bond motifs is 1. The van der Waals surface area contributed by atoms with Crippen LogP contribution in [0.2, 0.25) is 5.02 Å². The van der Waals surface area contributed by atoms with Crippen LogP contribution in [0.5, 0.6) is 11.5 Å². The van der Waals surface area contributed by atoms with Crippen LogP contribution in [0.15, 0.2) is 69.9 Å². The molecule has 0 spiro atoms. The first-order valence-corrected chi connectivity index (χ1v) is 9.52. The van der Waals surface area contributed by atoms with Crippen molar-refractivity contribution in [3.05, 3.63) is 92.8 Å². The number of aromatic hydroxyl groups is 1.